The lowest BCUT2D eigenvalue weighted by molar-refractivity contribution is -0.130. The van der Waals surface area contributed by atoms with Crippen molar-refractivity contribution in [3.05, 3.63) is 66.0 Å². The van der Waals surface area contributed by atoms with E-state index in [1.807, 2.05) is 0 Å². The van der Waals surface area contributed by atoms with Gasteiger partial charge in [0.15, 0.2) is 0 Å². The van der Waals surface area contributed by atoms with Crippen LogP contribution in [0.4, 0.5) is 15.9 Å². The molecule has 1 atom stereocenters. The minimum Gasteiger partial charge on any atom is -0.355 e. The number of aromatic nitrogens is 3. The summed E-state index contributed by atoms with van der Waals surface area (Å²) in [5, 5.41) is 5.74. The van der Waals surface area contributed by atoms with Gasteiger partial charge < -0.3 is 15.5 Å². The van der Waals surface area contributed by atoms with Crippen LogP contribution in [0.1, 0.15) is 41.9 Å². The van der Waals surface area contributed by atoms with E-state index in [1.165, 1.54) is 18.3 Å². The second kappa shape index (κ2) is 9.72. The van der Waals surface area contributed by atoms with E-state index in [0.29, 0.717) is 40.7 Å². The fourth-order valence-electron chi connectivity index (χ4n) is 3.90. The van der Waals surface area contributed by atoms with Gasteiger partial charge in [0, 0.05) is 62.7 Å². The summed E-state index contributed by atoms with van der Waals surface area (Å²) in [6.45, 7) is 2.82. The number of amides is 2. The summed E-state index contributed by atoms with van der Waals surface area (Å²) >= 11 is 0. The molecule has 1 aliphatic rings. The van der Waals surface area contributed by atoms with Gasteiger partial charge in [0.05, 0.1) is 11.3 Å². The Balaban J connectivity index is 1.75. The molecule has 3 aromatic rings. The zero-order chi connectivity index (χ0) is 23.4. The minimum atomic E-state index is -0.360. The number of piperidine rings is 1. The number of carbonyl (C=O) groups excluding carboxylic acids is 2. The molecule has 1 fully saturated rings. The van der Waals surface area contributed by atoms with Gasteiger partial charge in [-0.2, -0.15) is 0 Å². The molecule has 2 amide bonds. The van der Waals surface area contributed by atoms with Gasteiger partial charge in [-0.15, -0.1) is 0 Å². The average Bonchev–Trinajstić information content (AvgIpc) is 2.83. The summed E-state index contributed by atoms with van der Waals surface area (Å²) < 4.78 is 13.7. The van der Waals surface area contributed by atoms with Crippen LogP contribution in [0, 0.1) is 5.82 Å². The minimum absolute atomic E-state index is 0.0245. The molecule has 2 aromatic heterocycles. The molecular formula is C24H25FN6O2. The summed E-state index contributed by atoms with van der Waals surface area (Å²) in [5.41, 5.74) is 2.20. The zero-order valence-corrected chi connectivity index (χ0v) is 18.5. The van der Waals surface area contributed by atoms with Crippen LogP contribution in [-0.4, -0.2) is 51.8 Å². The molecule has 0 radical (unpaired) electrons. The number of carbonyl (C=O) groups is 2. The third-order valence-corrected chi connectivity index (χ3v) is 5.60. The number of benzene rings is 1. The summed E-state index contributed by atoms with van der Waals surface area (Å²) in [5.74, 6) is 0.457. The number of halogens is 1. The first-order valence-corrected chi connectivity index (χ1v) is 10.8. The molecule has 0 spiro atoms. The van der Waals surface area contributed by atoms with E-state index in [0.717, 1.165) is 19.4 Å². The maximum atomic E-state index is 13.7. The fourth-order valence-corrected chi connectivity index (χ4v) is 3.90. The fraction of sp³-hybridized carbons (Fsp3) is 0.292. The predicted molar refractivity (Wildman–Crippen MR) is 123 cm³/mol. The van der Waals surface area contributed by atoms with E-state index in [4.69, 9.17) is 9.97 Å². The summed E-state index contributed by atoms with van der Waals surface area (Å²) in [6, 6.07) is 9.57. The van der Waals surface area contributed by atoms with Crippen LogP contribution in [0.3, 0.4) is 0 Å². The van der Waals surface area contributed by atoms with Crippen molar-refractivity contribution >= 4 is 23.3 Å². The van der Waals surface area contributed by atoms with Crippen LogP contribution in [-0.2, 0) is 4.79 Å². The Hall–Kier alpha value is -3.88. The quantitative estimate of drug-likeness (QED) is 0.620. The third-order valence-electron chi connectivity index (χ3n) is 5.60. The van der Waals surface area contributed by atoms with E-state index in [-0.39, 0.29) is 23.5 Å². The topological polar surface area (TPSA) is 100 Å². The van der Waals surface area contributed by atoms with E-state index in [1.54, 1.807) is 49.3 Å². The van der Waals surface area contributed by atoms with E-state index >= 15 is 0 Å². The predicted octanol–water partition coefficient (Wildman–Crippen LogP) is 3.51. The Labute approximate surface area is 191 Å². The SMILES string of the molecule is CNC(=O)c1cncc(-c2cc(Nc3cccc(F)c3)nc(C3CCCN(C(C)=O)C3)n2)c1. The number of hydrogen-bond donors (Lipinski definition) is 2. The summed E-state index contributed by atoms with van der Waals surface area (Å²) in [4.78, 5) is 39.5. The number of likely N-dealkylation sites (tertiary alicyclic amines) is 1. The van der Waals surface area contributed by atoms with Crippen molar-refractivity contribution in [2.45, 2.75) is 25.7 Å². The smallest absolute Gasteiger partial charge is 0.252 e. The Kier molecular flexibility index (Phi) is 6.58. The number of rotatable bonds is 5. The molecule has 2 N–H and O–H groups in total. The van der Waals surface area contributed by atoms with Crippen LogP contribution in [0.5, 0.6) is 0 Å². The standard InChI is InChI=1S/C24H25FN6O2/c1-15(32)31-8-4-5-16(14-31)23-29-21(17-9-18(13-27-12-17)24(33)26-2)11-22(30-23)28-20-7-3-6-19(25)10-20/h3,6-7,9-13,16H,4-5,8,14H2,1-2H3,(H,26,33)(H,28,29,30). The molecule has 0 aliphatic carbocycles. The van der Waals surface area contributed by atoms with Crippen molar-refractivity contribution in [3.63, 3.8) is 0 Å². The maximum absolute atomic E-state index is 13.7. The van der Waals surface area contributed by atoms with Crippen LogP contribution >= 0.6 is 0 Å². The molecule has 0 saturated carbocycles. The van der Waals surface area contributed by atoms with Crippen molar-refractivity contribution in [2.24, 2.45) is 0 Å². The molecule has 3 heterocycles. The Bertz CT molecular complexity index is 1190. The van der Waals surface area contributed by atoms with Gasteiger partial charge >= 0.3 is 0 Å². The normalized spacial score (nSPS) is 15.7. The average molecular weight is 449 g/mol. The highest BCUT2D eigenvalue weighted by Crippen LogP contribution is 2.29. The largest absolute Gasteiger partial charge is 0.355 e. The van der Waals surface area contributed by atoms with E-state index in [2.05, 4.69) is 15.6 Å². The monoisotopic (exact) mass is 448 g/mol. The molecule has 1 unspecified atom stereocenters. The lowest BCUT2D eigenvalue weighted by Crippen LogP contribution is -2.38. The lowest BCUT2D eigenvalue weighted by Gasteiger charge is -2.31. The highest BCUT2D eigenvalue weighted by molar-refractivity contribution is 5.94. The van der Waals surface area contributed by atoms with Crippen molar-refractivity contribution in [3.8, 4) is 11.3 Å². The molecule has 4 rings (SSSR count). The van der Waals surface area contributed by atoms with Gasteiger partial charge in [0.25, 0.3) is 5.91 Å². The van der Waals surface area contributed by atoms with E-state index in [9.17, 15) is 14.0 Å². The first-order chi connectivity index (χ1) is 15.9. The zero-order valence-electron chi connectivity index (χ0n) is 18.5. The molecule has 1 saturated heterocycles. The summed E-state index contributed by atoms with van der Waals surface area (Å²) in [7, 11) is 1.56. The molecule has 170 valence electrons. The van der Waals surface area contributed by atoms with Crippen LogP contribution in [0.25, 0.3) is 11.3 Å². The number of nitrogens with zero attached hydrogens (tertiary/aromatic N) is 4. The Morgan fingerprint density at radius 1 is 1.15 bits per heavy atom. The third kappa shape index (κ3) is 5.31. The number of anilines is 2. The van der Waals surface area contributed by atoms with Gasteiger partial charge in [-0.05, 0) is 37.1 Å². The molecule has 0 bridgehead atoms. The summed E-state index contributed by atoms with van der Waals surface area (Å²) in [6.07, 6.45) is 4.83. The molecule has 1 aromatic carbocycles. The van der Waals surface area contributed by atoms with Crippen molar-refractivity contribution in [1.82, 2.24) is 25.2 Å². The molecule has 9 heteroatoms. The van der Waals surface area contributed by atoms with Gasteiger partial charge in [0.1, 0.15) is 17.5 Å². The first kappa shape index (κ1) is 22.3. The Morgan fingerprint density at radius 2 is 2.00 bits per heavy atom. The Morgan fingerprint density at radius 3 is 2.76 bits per heavy atom. The number of pyridine rings is 1. The van der Waals surface area contributed by atoms with Gasteiger partial charge in [-0.3, -0.25) is 14.6 Å². The first-order valence-electron chi connectivity index (χ1n) is 10.8. The second-order valence-corrected chi connectivity index (χ2v) is 7.98. The van der Waals surface area contributed by atoms with Crippen molar-refractivity contribution in [2.75, 3.05) is 25.5 Å². The van der Waals surface area contributed by atoms with E-state index < -0.39 is 0 Å². The highest BCUT2D eigenvalue weighted by atomic mass is 19.1. The van der Waals surface area contributed by atoms with Gasteiger partial charge in [-0.25, -0.2) is 14.4 Å². The van der Waals surface area contributed by atoms with Crippen LogP contribution in [0.15, 0.2) is 48.8 Å². The van der Waals surface area contributed by atoms with Crippen molar-refractivity contribution in [1.29, 1.82) is 0 Å². The molecule has 1 aliphatic heterocycles. The van der Waals surface area contributed by atoms with Gasteiger partial charge in [0.2, 0.25) is 5.91 Å². The lowest BCUT2D eigenvalue weighted by atomic mass is 9.96. The number of nitrogens with one attached hydrogen (secondary N) is 2. The molecular weight excluding hydrogens is 423 g/mol. The molecule has 8 nitrogen and oxygen atoms in total. The number of hydrogen-bond acceptors (Lipinski definition) is 6. The second-order valence-electron chi connectivity index (χ2n) is 7.98. The van der Waals surface area contributed by atoms with Gasteiger partial charge in [-0.1, -0.05) is 6.07 Å². The highest BCUT2D eigenvalue weighted by Gasteiger charge is 2.26. The maximum Gasteiger partial charge on any atom is 0.252 e. The van der Waals surface area contributed by atoms with Crippen LogP contribution in [0.2, 0.25) is 0 Å². The van der Waals surface area contributed by atoms with Crippen molar-refractivity contribution < 1.29 is 14.0 Å². The van der Waals surface area contributed by atoms with Crippen LogP contribution < -0.4 is 10.6 Å². The molecule has 33 heavy (non-hydrogen) atoms.